The molecule has 1 atom stereocenters. The highest BCUT2D eigenvalue weighted by molar-refractivity contribution is 7.80. The molecule has 134 valence electrons. The first-order valence-electron chi connectivity index (χ1n) is 8.47. The normalized spacial score (nSPS) is 11.9. The molecule has 0 spiro atoms. The van der Waals surface area contributed by atoms with Gasteiger partial charge in [-0.15, -0.1) is 0 Å². The van der Waals surface area contributed by atoms with Gasteiger partial charge in [-0.25, -0.2) is 0 Å². The average molecular weight is 359 g/mol. The highest BCUT2D eigenvalue weighted by Gasteiger charge is 2.18. The van der Waals surface area contributed by atoms with Crippen molar-refractivity contribution in [2.45, 2.75) is 19.9 Å². The van der Waals surface area contributed by atoms with Gasteiger partial charge in [0, 0.05) is 11.3 Å². The number of rotatable bonds is 6. The lowest BCUT2D eigenvalue weighted by Gasteiger charge is -2.23. The Bertz CT molecular complexity index is 731. The van der Waals surface area contributed by atoms with Crippen molar-refractivity contribution in [1.29, 1.82) is 0 Å². The maximum Gasteiger partial charge on any atom is 0.171 e. The zero-order chi connectivity index (χ0) is 18.4. The standard InChI is InChI=1S/C20H27N3OS/c1-14-8-6-11-18(15(14)2)22-20(25)21-13-19(23(3)4)16-9-7-10-17(12-16)24-5/h6-12,19H,13H2,1-5H3,(H2,21,22,25)/p+1/t19-/m0/s1. The molecule has 2 rings (SSSR count). The number of thiocarbonyl (C=S) groups is 1. The smallest absolute Gasteiger partial charge is 0.171 e. The number of hydrogen-bond acceptors (Lipinski definition) is 2. The summed E-state index contributed by atoms with van der Waals surface area (Å²) in [6.45, 7) is 4.95. The lowest BCUT2D eigenvalue weighted by atomic mass is 10.1. The second kappa shape index (κ2) is 8.83. The molecule has 0 amide bonds. The van der Waals surface area contributed by atoms with Crippen LogP contribution < -0.4 is 20.3 Å². The van der Waals surface area contributed by atoms with Crippen LogP contribution >= 0.6 is 12.2 Å². The predicted octanol–water partition coefficient (Wildman–Crippen LogP) is 2.48. The zero-order valence-corrected chi connectivity index (χ0v) is 16.5. The summed E-state index contributed by atoms with van der Waals surface area (Å²) in [6, 6.07) is 14.7. The van der Waals surface area contributed by atoms with E-state index in [4.69, 9.17) is 17.0 Å². The molecular formula is C20H28N3OS+. The SMILES string of the molecule is COc1cccc([C@H](CNC(=S)Nc2cccc(C)c2C)[NH+](C)C)c1. The van der Waals surface area contributed by atoms with Crippen molar-refractivity contribution in [3.8, 4) is 5.75 Å². The summed E-state index contributed by atoms with van der Waals surface area (Å²) >= 11 is 5.49. The number of benzene rings is 2. The van der Waals surface area contributed by atoms with Crippen LogP contribution in [-0.4, -0.2) is 32.9 Å². The molecule has 25 heavy (non-hydrogen) atoms. The molecule has 2 aromatic rings. The van der Waals surface area contributed by atoms with Crippen LogP contribution in [0.5, 0.6) is 5.75 Å². The molecule has 0 saturated heterocycles. The molecule has 5 heteroatoms. The third kappa shape index (κ3) is 5.18. The van der Waals surface area contributed by atoms with Crippen molar-refractivity contribution < 1.29 is 9.64 Å². The summed E-state index contributed by atoms with van der Waals surface area (Å²) in [4.78, 5) is 1.33. The first-order valence-corrected chi connectivity index (χ1v) is 8.88. The van der Waals surface area contributed by atoms with Crippen LogP contribution in [0.4, 0.5) is 5.69 Å². The van der Waals surface area contributed by atoms with Crippen LogP contribution in [0.3, 0.4) is 0 Å². The van der Waals surface area contributed by atoms with E-state index in [1.807, 2.05) is 24.3 Å². The van der Waals surface area contributed by atoms with E-state index in [1.54, 1.807) is 7.11 Å². The summed E-state index contributed by atoms with van der Waals surface area (Å²) < 4.78 is 5.35. The highest BCUT2D eigenvalue weighted by Crippen LogP contribution is 2.19. The molecule has 0 aliphatic rings. The van der Waals surface area contributed by atoms with Crippen LogP contribution in [0.15, 0.2) is 42.5 Å². The first-order chi connectivity index (χ1) is 11.9. The van der Waals surface area contributed by atoms with Gasteiger partial charge in [-0.1, -0.05) is 24.3 Å². The maximum atomic E-state index is 5.49. The Kier molecular flexibility index (Phi) is 6.79. The third-order valence-electron chi connectivity index (χ3n) is 4.51. The van der Waals surface area contributed by atoms with Crippen molar-refractivity contribution in [3.05, 3.63) is 59.2 Å². The van der Waals surface area contributed by atoms with Gasteiger partial charge >= 0.3 is 0 Å². The van der Waals surface area contributed by atoms with Crippen LogP contribution in [-0.2, 0) is 0 Å². The Morgan fingerprint density at radius 1 is 1.16 bits per heavy atom. The van der Waals surface area contributed by atoms with Crippen LogP contribution in [0.2, 0.25) is 0 Å². The number of quaternary nitrogens is 1. The van der Waals surface area contributed by atoms with Gasteiger partial charge in [0.25, 0.3) is 0 Å². The van der Waals surface area contributed by atoms with Gasteiger partial charge in [-0.3, -0.25) is 0 Å². The molecule has 2 aromatic carbocycles. The van der Waals surface area contributed by atoms with Gasteiger partial charge in [-0.05, 0) is 55.4 Å². The van der Waals surface area contributed by atoms with Gasteiger partial charge in [-0.2, -0.15) is 0 Å². The van der Waals surface area contributed by atoms with E-state index in [9.17, 15) is 0 Å². The number of hydrogen-bond donors (Lipinski definition) is 3. The zero-order valence-electron chi connectivity index (χ0n) is 15.6. The second-order valence-electron chi connectivity index (χ2n) is 6.49. The molecule has 0 aromatic heterocycles. The van der Waals surface area contributed by atoms with Gasteiger partial charge < -0.3 is 20.3 Å². The minimum absolute atomic E-state index is 0.272. The first kappa shape index (κ1) is 19.2. The Morgan fingerprint density at radius 3 is 2.56 bits per heavy atom. The fourth-order valence-corrected chi connectivity index (χ4v) is 2.95. The lowest BCUT2D eigenvalue weighted by Crippen LogP contribution is -3.07. The summed E-state index contributed by atoms with van der Waals surface area (Å²) in [7, 11) is 5.98. The summed E-state index contributed by atoms with van der Waals surface area (Å²) in [5.74, 6) is 0.875. The molecule has 0 saturated carbocycles. The van der Waals surface area contributed by atoms with E-state index >= 15 is 0 Å². The fourth-order valence-electron chi connectivity index (χ4n) is 2.76. The van der Waals surface area contributed by atoms with Crippen LogP contribution in [0.1, 0.15) is 22.7 Å². The Morgan fingerprint density at radius 2 is 1.88 bits per heavy atom. The number of likely N-dealkylation sites (N-methyl/N-ethyl adjacent to an activating group) is 1. The third-order valence-corrected chi connectivity index (χ3v) is 4.76. The topological polar surface area (TPSA) is 37.7 Å². The van der Waals surface area contributed by atoms with E-state index in [0.717, 1.165) is 18.0 Å². The minimum Gasteiger partial charge on any atom is -0.497 e. The van der Waals surface area contributed by atoms with Gasteiger partial charge in [0.15, 0.2) is 5.11 Å². The molecular weight excluding hydrogens is 330 g/mol. The quantitative estimate of drug-likeness (QED) is 0.694. The second-order valence-corrected chi connectivity index (χ2v) is 6.90. The van der Waals surface area contributed by atoms with Crippen LogP contribution in [0.25, 0.3) is 0 Å². The van der Waals surface area contributed by atoms with E-state index in [1.165, 1.54) is 21.6 Å². The molecule has 0 fully saturated rings. The van der Waals surface area contributed by atoms with Crippen molar-refractivity contribution in [1.82, 2.24) is 5.32 Å². The number of anilines is 1. The Labute approximate surface area is 156 Å². The maximum absolute atomic E-state index is 5.49. The monoisotopic (exact) mass is 358 g/mol. The van der Waals surface area contributed by atoms with Crippen molar-refractivity contribution in [2.24, 2.45) is 0 Å². The highest BCUT2D eigenvalue weighted by atomic mass is 32.1. The van der Waals surface area contributed by atoms with Crippen LogP contribution in [0, 0.1) is 13.8 Å². The lowest BCUT2D eigenvalue weighted by molar-refractivity contribution is -0.890. The molecule has 0 heterocycles. The van der Waals surface area contributed by atoms with Crippen molar-refractivity contribution in [3.63, 3.8) is 0 Å². The predicted molar refractivity (Wildman–Crippen MR) is 109 cm³/mol. The molecule has 4 nitrogen and oxygen atoms in total. The van der Waals surface area contributed by atoms with Gasteiger partial charge in [0.05, 0.1) is 27.7 Å². The van der Waals surface area contributed by atoms with Crippen molar-refractivity contribution in [2.75, 3.05) is 33.1 Å². The number of aryl methyl sites for hydroxylation is 1. The molecule has 0 unspecified atom stereocenters. The summed E-state index contributed by atoms with van der Waals surface area (Å²) in [5.41, 5.74) is 4.74. The fraction of sp³-hybridized carbons (Fsp3) is 0.350. The average Bonchev–Trinajstić information content (AvgIpc) is 2.59. The minimum atomic E-state index is 0.272. The summed E-state index contributed by atoms with van der Waals surface area (Å²) in [6.07, 6.45) is 0. The van der Waals surface area contributed by atoms with Gasteiger partial charge in [0.2, 0.25) is 0 Å². The molecule has 0 aliphatic carbocycles. The van der Waals surface area contributed by atoms with E-state index < -0.39 is 0 Å². The largest absolute Gasteiger partial charge is 0.497 e. The molecule has 3 N–H and O–H groups in total. The number of methoxy groups -OCH3 is 1. The molecule has 0 bridgehead atoms. The van der Waals surface area contributed by atoms with Crippen molar-refractivity contribution >= 4 is 23.0 Å². The van der Waals surface area contributed by atoms with E-state index in [-0.39, 0.29) is 6.04 Å². The Balaban J connectivity index is 2.03. The number of ether oxygens (including phenoxy) is 1. The van der Waals surface area contributed by atoms with Gasteiger partial charge in [0.1, 0.15) is 11.8 Å². The van der Waals surface area contributed by atoms with E-state index in [2.05, 4.69) is 56.8 Å². The molecule has 0 radical (unpaired) electrons. The molecule has 0 aliphatic heterocycles. The Hall–Kier alpha value is -2.11. The summed E-state index contributed by atoms with van der Waals surface area (Å²) in [5, 5.41) is 7.30. The number of nitrogens with one attached hydrogen (secondary N) is 3. The van der Waals surface area contributed by atoms with E-state index in [0.29, 0.717) is 5.11 Å².